The van der Waals surface area contributed by atoms with Gasteiger partial charge < -0.3 is 10.1 Å². The molecule has 0 aromatic rings. The van der Waals surface area contributed by atoms with Crippen LogP contribution in [-0.4, -0.2) is 49.8 Å². The molecule has 1 fully saturated rings. The van der Waals surface area contributed by atoms with Crippen LogP contribution >= 0.6 is 0 Å². The summed E-state index contributed by atoms with van der Waals surface area (Å²) < 4.78 is 5.24. The van der Waals surface area contributed by atoms with Crippen molar-refractivity contribution in [1.82, 2.24) is 10.2 Å². The fourth-order valence-corrected chi connectivity index (χ4v) is 2.31. The number of nitrogens with zero attached hydrogens (tertiary/aromatic N) is 1. The van der Waals surface area contributed by atoms with E-state index in [1.807, 2.05) is 0 Å². The van der Waals surface area contributed by atoms with Crippen molar-refractivity contribution in [2.45, 2.75) is 58.7 Å². The van der Waals surface area contributed by atoms with Crippen LogP contribution in [-0.2, 0) is 4.74 Å². The minimum Gasteiger partial charge on any atom is -0.383 e. The molecule has 0 spiro atoms. The van der Waals surface area contributed by atoms with Crippen LogP contribution in [0.15, 0.2) is 0 Å². The predicted octanol–water partition coefficient (Wildman–Crippen LogP) is 2.12. The van der Waals surface area contributed by atoms with E-state index in [2.05, 4.69) is 37.9 Å². The van der Waals surface area contributed by atoms with Crippen LogP contribution in [0.25, 0.3) is 0 Å². The van der Waals surface area contributed by atoms with Crippen LogP contribution in [0, 0.1) is 5.92 Å². The van der Waals surface area contributed by atoms with Crippen molar-refractivity contribution in [3.05, 3.63) is 0 Å². The van der Waals surface area contributed by atoms with E-state index >= 15 is 0 Å². The molecule has 0 bridgehead atoms. The highest BCUT2D eigenvalue weighted by Crippen LogP contribution is 2.30. The van der Waals surface area contributed by atoms with Gasteiger partial charge in [-0.15, -0.1) is 0 Å². The van der Waals surface area contributed by atoms with E-state index in [0.29, 0.717) is 18.0 Å². The second kappa shape index (κ2) is 7.34. The topological polar surface area (TPSA) is 24.5 Å². The minimum absolute atomic E-state index is 0.569. The summed E-state index contributed by atoms with van der Waals surface area (Å²) in [4.78, 5) is 2.66. The first-order valence-corrected chi connectivity index (χ1v) is 7.04. The molecule has 0 aliphatic heterocycles. The SMILES string of the molecule is COCCN(C1CC1)C(CNC(C)C)C(C)C. The third kappa shape index (κ3) is 5.36. The third-order valence-electron chi connectivity index (χ3n) is 3.50. The Kier molecular flexibility index (Phi) is 6.45. The van der Waals surface area contributed by atoms with E-state index in [-0.39, 0.29) is 0 Å². The Morgan fingerprint density at radius 3 is 2.29 bits per heavy atom. The Bertz CT molecular complexity index is 202. The standard InChI is InChI=1S/C14H30N2O/c1-11(2)14(10-15-12(3)4)16(8-9-17-5)13-6-7-13/h11-15H,6-10H2,1-5H3. The van der Waals surface area contributed by atoms with Crippen molar-refractivity contribution >= 4 is 0 Å². The lowest BCUT2D eigenvalue weighted by Gasteiger charge is -2.35. The Labute approximate surface area is 107 Å². The Morgan fingerprint density at radius 2 is 1.88 bits per heavy atom. The summed E-state index contributed by atoms with van der Waals surface area (Å²) in [6.07, 6.45) is 2.74. The molecule has 1 aliphatic carbocycles. The highest BCUT2D eigenvalue weighted by molar-refractivity contribution is 4.90. The number of hydrogen-bond donors (Lipinski definition) is 1. The van der Waals surface area contributed by atoms with Gasteiger partial charge in [-0.25, -0.2) is 0 Å². The van der Waals surface area contributed by atoms with Crippen molar-refractivity contribution in [3.8, 4) is 0 Å². The summed E-state index contributed by atoms with van der Waals surface area (Å²) in [7, 11) is 1.79. The minimum atomic E-state index is 0.569. The molecular weight excluding hydrogens is 212 g/mol. The first-order valence-electron chi connectivity index (χ1n) is 7.04. The van der Waals surface area contributed by atoms with E-state index < -0.39 is 0 Å². The third-order valence-corrected chi connectivity index (χ3v) is 3.50. The van der Waals surface area contributed by atoms with Gasteiger partial charge in [-0.3, -0.25) is 4.90 Å². The molecule has 3 nitrogen and oxygen atoms in total. The van der Waals surface area contributed by atoms with Gasteiger partial charge in [-0.2, -0.15) is 0 Å². The van der Waals surface area contributed by atoms with E-state index in [4.69, 9.17) is 4.74 Å². The molecule has 1 rings (SSSR count). The predicted molar refractivity (Wildman–Crippen MR) is 73.4 cm³/mol. The zero-order valence-corrected chi connectivity index (χ0v) is 12.2. The smallest absolute Gasteiger partial charge is 0.0589 e. The molecule has 102 valence electrons. The highest BCUT2D eigenvalue weighted by atomic mass is 16.5. The Hall–Kier alpha value is -0.120. The molecular formula is C14H30N2O. The fraction of sp³-hybridized carbons (Fsp3) is 1.00. The highest BCUT2D eigenvalue weighted by Gasteiger charge is 2.34. The Balaban J connectivity index is 2.50. The van der Waals surface area contributed by atoms with E-state index in [9.17, 15) is 0 Å². The van der Waals surface area contributed by atoms with Gasteiger partial charge in [0, 0.05) is 38.3 Å². The Morgan fingerprint density at radius 1 is 1.24 bits per heavy atom. The zero-order chi connectivity index (χ0) is 12.8. The van der Waals surface area contributed by atoms with Crippen LogP contribution in [0.3, 0.4) is 0 Å². The van der Waals surface area contributed by atoms with Gasteiger partial charge in [0.05, 0.1) is 6.61 Å². The van der Waals surface area contributed by atoms with Crippen molar-refractivity contribution < 1.29 is 4.74 Å². The number of ether oxygens (including phenoxy) is 1. The first-order chi connectivity index (χ1) is 8.06. The largest absolute Gasteiger partial charge is 0.383 e. The second-order valence-electron chi connectivity index (χ2n) is 5.84. The van der Waals surface area contributed by atoms with Crippen molar-refractivity contribution in [3.63, 3.8) is 0 Å². The lowest BCUT2D eigenvalue weighted by Crippen LogP contribution is -2.49. The molecule has 3 heteroatoms. The van der Waals surface area contributed by atoms with Gasteiger partial charge >= 0.3 is 0 Å². The zero-order valence-electron chi connectivity index (χ0n) is 12.2. The van der Waals surface area contributed by atoms with Crippen molar-refractivity contribution in [1.29, 1.82) is 0 Å². The number of hydrogen-bond acceptors (Lipinski definition) is 3. The summed E-state index contributed by atoms with van der Waals surface area (Å²) in [5, 5.41) is 3.58. The van der Waals surface area contributed by atoms with Gasteiger partial charge in [0.2, 0.25) is 0 Å². The molecule has 0 aromatic carbocycles. The molecule has 1 unspecified atom stereocenters. The molecule has 0 aromatic heterocycles. The molecule has 1 atom stereocenters. The van der Waals surface area contributed by atoms with Gasteiger partial charge in [0.25, 0.3) is 0 Å². The molecule has 0 amide bonds. The molecule has 17 heavy (non-hydrogen) atoms. The van der Waals surface area contributed by atoms with Crippen molar-refractivity contribution in [2.24, 2.45) is 5.92 Å². The summed E-state index contributed by atoms with van der Waals surface area (Å²) in [6, 6.07) is 2.02. The van der Waals surface area contributed by atoms with Gasteiger partial charge in [0.1, 0.15) is 0 Å². The average molecular weight is 242 g/mol. The number of nitrogens with one attached hydrogen (secondary N) is 1. The van der Waals surface area contributed by atoms with Gasteiger partial charge in [0.15, 0.2) is 0 Å². The fourth-order valence-electron chi connectivity index (χ4n) is 2.31. The number of rotatable bonds is 9. The monoisotopic (exact) mass is 242 g/mol. The maximum Gasteiger partial charge on any atom is 0.0589 e. The second-order valence-corrected chi connectivity index (χ2v) is 5.84. The quantitative estimate of drug-likeness (QED) is 0.670. The molecule has 1 N–H and O–H groups in total. The van der Waals surface area contributed by atoms with Gasteiger partial charge in [-0.1, -0.05) is 27.7 Å². The summed E-state index contributed by atoms with van der Waals surface area (Å²) in [5.41, 5.74) is 0. The van der Waals surface area contributed by atoms with Gasteiger partial charge in [-0.05, 0) is 18.8 Å². The lowest BCUT2D eigenvalue weighted by atomic mass is 10.0. The van der Waals surface area contributed by atoms with Crippen molar-refractivity contribution in [2.75, 3.05) is 26.8 Å². The van der Waals surface area contributed by atoms with E-state index in [0.717, 1.165) is 25.7 Å². The molecule has 0 heterocycles. The molecule has 1 saturated carbocycles. The maximum absolute atomic E-state index is 5.24. The number of methoxy groups -OCH3 is 1. The van der Waals surface area contributed by atoms with Crippen LogP contribution in [0.2, 0.25) is 0 Å². The van der Waals surface area contributed by atoms with Crippen LogP contribution < -0.4 is 5.32 Å². The van der Waals surface area contributed by atoms with E-state index in [1.165, 1.54) is 12.8 Å². The molecule has 0 radical (unpaired) electrons. The summed E-state index contributed by atoms with van der Waals surface area (Å²) in [6.45, 7) is 12.1. The van der Waals surface area contributed by atoms with Crippen LogP contribution in [0.1, 0.15) is 40.5 Å². The summed E-state index contributed by atoms with van der Waals surface area (Å²) >= 11 is 0. The maximum atomic E-state index is 5.24. The van der Waals surface area contributed by atoms with E-state index in [1.54, 1.807) is 7.11 Å². The summed E-state index contributed by atoms with van der Waals surface area (Å²) in [5.74, 6) is 0.693. The molecule has 0 saturated heterocycles. The first kappa shape index (κ1) is 14.9. The molecule has 1 aliphatic rings. The van der Waals surface area contributed by atoms with Crippen LogP contribution in [0.4, 0.5) is 0 Å². The average Bonchev–Trinajstić information content (AvgIpc) is 3.05. The lowest BCUT2D eigenvalue weighted by molar-refractivity contribution is 0.0919. The van der Waals surface area contributed by atoms with Crippen LogP contribution in [0.5, 0.6) is 0 Å². The normalized spacial score (nSPS) is 18.4.